The maximum absolute atomic E-state index is 12.1. The zero-order valence-corrected chi connectivity index (χ0v) is 15.6. The van der Waals surface area contributed by atoms with Crippen molar-refractivity contribution in [3.8, 4) is 5.88 Å². The number of carbonyl (C=O) groups excluding carboxylic acids is 1. The van der Waals surface area contributed by atoms with Crippen LogP contribution in [0.4, 0.5) is 4.79 Å². The number of amides is 2. The summed E-state index contributed by atoms with van der Waals surface area (Å²) in [7, 11) is 1.62. The molecule has 26 heavy (non-hydrogen) atoms. The topological polar surface area (TPSA) is 72.5 Å². The van der Waals surface area contributed by atoms with E-state index in [1.165, 1.54) is 5.56 Å². The van der Waals surface area contributed by atoms with Crippen LogP contribution in [0.1, 0.15) is 25.0 Å². The van der Waals surface area contributed by atoms with Gasteiger partial charge in [0.05, 0.1) is 6.61 Å². The molecule has 0 fully saturated rings. The average Bonchev–Trinajstić information content (AvgIpc) is 2.67. The van der Waals surface area contributed by atoms with Crippen LogP contribution in [0.25, 0.3) is 0 Å². The molecule has 0 atom stereocenters. The van der Waals surface area contributed by atoms with Crippen molar-refractivity contribution in [2.45, 2.75) is 25.8 Å². The van der Waals surface area contributed by atoms with Crippen molar-refractivity contribution in [1.29, 1.82) is 0 Å². The van der Waals surface area contributed by atoms with Crippen molar-refractivity contribution in [2.75, 3.05) is 26.9 Å². The van der Waals surface area contributed by atoms with Crippen LogP contribution < -0.4 is 15.4 Å². The molecule has 1 heterocycles. The molecule has 140 valence electrons. The van der Waals surface area contributed by atoms with E-state index in [4.69, 9.17) is 9.47 Å². The Morgan fingerprint density at radius 1 is 1.08 bits per heavy atom. The van der Waals surface area contributed by atoms with E-state index < -0.39 is 0 Å². The third kappa shape index (κ3) is 6.37. The molecule has 0 saturated carbocycles. The zero-order chi connectivity index (χ0) is 18.8. The molecule has 2 aromatic rings. The number of urea groups is 1. The number of methoxy groups -OCH3 is 1. The van der Waals surface area contributed by atoms with Crippen LogP contribution >= 0.6 is 0 Å². The van der Waals surface area contributed by atoms with Crippen LogP contribution in [0.2, 0.25) is 0 Å². The second-order valence-corrected chi connectivity index (χ2v) is 6.63. The van der Waals surface area contributed by atoms with Crippen molar-refractivity contribution in [3.63, 3.8) is 0 Å². The molecule has 0 aliphatic heterocycles. The third-order valence-electron chi connectivity index (χ3n) is 4.03. The van der Waals surface area contributed by atoms with Crippen LogP contribution in [-0.2, 0) is 16.7 Å². The number of ether oxygens (including phenoxy) is 2. The first-order chi connectivity index (χ1) is 12.5. The van der Waals surface area contributed by atoms with Gasteiger partial charge in [0, 0.05) is 37.9 Å². The summed E-state index contributed by atoms with van der Waals surface area (Å²) in [6.07, 6.45) is 1.69. The molecule has 0 aliphatic rings. The minimum Gasteiger partial charge on any atom is -0.475 e. The molecule has 1 aromatic heterocycles. The van der Waals surface area contributed by atoms with E-state index in [9.17, 15) is 4.79 Å². The highest BCUT2D eigenvalue weighted by atomic mass is 16.5. The van der Waals surface area contributed by atoms with E-state index in [2.05, 4.69) is 41.6 Å². The summed E-state index contributed by atoms with van der Waals surface area (Å²) in [6.45, 7) is 6.14. The van der Waals surface area contributed by atoms with Crippen molar-refractivity contribution < 1.29 is 14.3 Å². The van der Waals surface area contributed by atoms with Gasteiger partial charge in [-0.1, -0.05) is 50.2 Å². The Bertz CT molecular complexity index is 672. The second kappa shape index (κ2) is 9.77. The molecule has 0 bridgehead atoms. The minimum atomic E-state index is -0.200. The molecule has 6 heteroatoms. The van der Waals surface area contributed by atoms with Gasteiger partial charge in [-0.15, -0.1) is 0 Å². The number of pyridine rings is 1. The highest BCUT2D eigenvalue weighted by Crippen LogP contribution is 2.21. The van der Waals surface area contributed by atoms with Crippen molar-refractivity contribution in [1.82, 2.24) is 15.6 Å². The van der Waals surface area contributed by atoms with Crippen LogP contribution in [0.5, 0.6) is 5.88 Å². The summed E-state index contributed by atoms with van der Waals surface area (Å²) in [5.74, 6) is 0.542. The summed E-state index contributed by atoms with van der Waals surface area (Å²) in [5.41, 5.74) is 1.96. The summed E-state index contributed by atoms with van der Waals surface area (Å²) in [5, 5.41) is 5.77. The molecule has 6 nitrogen and oxygen atoms in total. The predicted octanol–water partition coefficient (Wildman–Crippen LogP) is 2.88. The van der Waals surface area contributed by atoms with Gasteiger partial charge >= 0.3 is 6.03 Å². The lowest BCUT2D eigenvalue weighted by Crippen LogP contribution is -2.42. The number of nitrogens with zero attached hydrogens (tertiary/aromatic N) is 1. The largest absolute Gasteiger partial charge is 0.475 e. The molecule has 0 spiro atoms. The van der Waals surface area contributed by atoms with Gasteiger partial charge in [0.2, 0.25) is 5.88 Å². The minimum absolute atomic E-state index is 0.138. The first kappa shape index (κ1) is 19.7. The zero-order valence-electron chi connectivity index (χ0n) is 15.6. The number of carbonyl (C=O) groups is 1. The Kier molecular flexibility index (Phi) is 7.41. The number of nitrogens with one attached hydrogen (secondary N) is 2. The number of benzene rings is 1. The number of hydrogen-bond donors (Lipinski definition) is 2. The molecular weight excluding hydrogens is 330 g/mol. The normalized spacial score (nSPS) is 11.0. The average molecular weight is 357 g/mol. The molecule has 0 unspecified atom stereocenters. The van der Waals surface area contributed by atoms with Gasteiger partial charge < -0.3 is 20.1 Å². The van der Waals surface area contributed by atoms with E-state index in [1.54, 1.807) is 19.4 Å². The van der Waals surface area contributed by atoms with Gasteiger partial charge in [0.1, 0.15) is 6.61 Å². The van der Waals surface area contributed by atoms with Crippen LogP contribution in [0, 0.1) is 0 Å². The van der Waals surface area contributed by atoms with E-state index in [-0.39, 0.29) is 11.4 Å². The van der Waals surface area contributed by atoms with E-state index >= 15 is 0 Å². The van der Waals surface area contributed by atoms with Gasteiger partial charge in [-0.05, 0) is 11.1 Å². The number of aromatic nitrogens is 1. The third-order valence-corrected chi connectivity index (χ3v) is 4.03. The van der Waals surface area contributed by atoms with Gasteiger partial charge in [-0.25, -0.2) is 9.78 Å². The fourth-order valence-corrected chi connectivity index (χ4v) is 2.37. The lowest BCUT2D eigenvalue weighted by atomic mass is 9.85. The van der Waals surface area contributed by atoms with E-state index in [1.807, 2.05) is 24.3 Å². The Morgan fingerprint density at radius 3 is 2.50 bits per heavy atom. The smallest absolute Gasteiger partial charge is 0.315 e. The summed E-state index contributed by atoms with van der Waals surface area (Å²) in [4.78, 5) is 16.3. The Balaban J connectivity index is 1.74. The molecular formula is C20H27N3O3. The Morgan fingerprint density at radius 2 is 1.85 bits per heavy atom. The monoisotopic (exact) mass is 357 g/mol. The highest BCUT2D eigenvalue weighted by Gasteiger charge is 2.20. The SMILES string of the molecule is COCCOc1ccc(CNC(=O)NCC(C)(C)c2ccccc2)cn1. The fourth-order valence-electron chi connectivity index (χ4n) is 2.37. The predicted molar refractivity (Wildman–Crippen MR) is 101 cm³/mol. The summed E-state index contributed by atoms with van der Waals surface area (Å²) >= 11 is 0. The quantitative estimate of drug-likeness (QED) is 0.677. The van der Waals surface area contributed by atoms with Crippen LogP contribution in [-0.4, -0.2) is 37.9 Å². The molecule has 2 N–H and O–H groups in total. The van der Waals surface area contributed by atoms with Gasteiger partial charge in [0.25, 0.3) is 0 Å². The second-order valence-electron chi connectivity index (χ2n) is 6.63. The summed E-state index contributed by atoms with van der Waals surface area (Å²) in [6, 6.07) is 13.6. The molecule has 2 amide bonds. The number of hydrogen-bond acceptors (Lipinski definition) is 4. The molecule has 2 rings (SSSR count). The van der Waals surface area contributed by atoms with Crippen molar-refractivity contribution in [3.05, 3.63) is 59.8 Å². The highest BCUT2D eigenvalue weighted by molar-refractivity contribution is 5.73. The van der Waals surface area contributed by atoms with Gasteiger partial charge in [-0.3, -0.25) is 0 Å². The van der Waals surface area contributed by atoms with Crippen LogP contribution in [0.3, 0.4) is 0 Å². The molecule has 0 radical (unpaired) electrons. The first-order valence-electron chi connectivity index (χ1n) is 8.65. The standard InChI is InChI=1S/C20H27N3O3/c1-20(2,17-7-5-4-6-8-17)15-23-19(24)22-14-16-9-10-18(21-13-16)26-12-11-25-3/h4-10,13H,11-12,14-15H2,1-3H3,(H2,22,23,24). The molecule has 1 aromatic carbocycles. The summed E-state index contributed by atoms with van der Waals surface area (Å²) < 4.78 is 10.3. The maximum Gasteiger partial charge on any atom is 0.315 e. The van der Waals surface area contributed by atoms with Crippen molar-refractivity contribution in [2.24, 2.45) is 0 Å². The maximum atomic E-state index is 12.1. The van der Waals surface area contributed by atoms with Crippen molar-refractivity contribution >= 4 is 6.03 Å². The van der Waals surface area contributed by atoms with E-state index in [0.29, 0.717) is 32.2 Å². The molecule has 0 aliphatic carbocycles. The number of rotatable bonds is 9. The van der Waals surface area contributed by atoms with Gasteiger partial charge in [-0.2, -0.15) is 0 Å². The first-order valence-corrected chi connectivity index (χ1v) is 8.65. The Labute approximate surface area is 154 Å². The van der Waals surface area contributed by atoms with E-state index in [0.717, 1.165) is 5.56 Å². The van der Waals surface area contributed by atoms with Gasteiger partial charge in [0.15, 0.2) is 0 Å². The fraction of sp³-hybridized carbons (Fsp3) is 0.400. The Hall–Kier alpha value is -2.60. The lowest BCUT2D eigenvalue weighted by Gasteiger charge is -2.25. The lowest BCUT2D eigenvalue weighted by molar-refractivity contribution is 0.143. The van der Waals surface area contributed by atoms with Crippen LogP contribution in [0.15, 0.2) is 48.7 Å². The molecule has 0 saturated heterocycles.